The summed E-state index contributed by atoms with van der Waals surface area (Å²) in [6.45, 7) is 2.77. The van der Waals surface area contributed by atoms with Crippen molar-refractivity contribution in [2.75, 3.05) is 6.54 Å². The summed E-state index contributed by atoms with van der Waals surface area (Å²) < 4.78 is 13.0. The predicted octanol–water partition coefficient (Wildman–Crippen LogP) is 2.42. The highest BCUT2D eigenvalue weighted by Gasteiger charge is 2.27. The zero-order valence-corrected chi connectivity index (χ0v) is 7.72. The minimum atomic E-state index is -0.612. The zero-order valence-electron chi connectivity index (χ0n) is 7.72. The fourth-order valence-corrected chi connectivity index (χ4v) is 1.98. The van der Waals surface area contributed by atoms with Gasteiger partial charge in [0.05, 0.1) is 0 Å². The molecule has 2 atom stereocenters. The molecule has 12 heavy (non-hydrogen) atoms. The minimum Gasteiger partial charge on any atom is -0.330 e. The first-order valence-electron chi connectivity index (χ1n) is 4.81. The van der Waals surface area contributed by atoms with Crippen LogP contribution in [-0.4, -0.2) is 12.7 Å². The topological polar surface area (TPSA) is 26.0 Å². The van der Waals surface area contributed by atoms with Gasteiger partial charge in [-0.15, -0.1) is 0 Å². The van der Waals surface area contributed by atoms with Gasteiger partial charge in [-0.25, -0.2) is 4.39 Å². The van der Waals surface area contributed by atoms with Crippen LogP contribution in [-0.2, 0) is 0 Å². The Balaban J connectivity index is 2.53. The molecule has 0 radical (unpaired) electrons. The number of nitrogens with two attached hydrogens (primary N) is 1. The van der Waals surface area contributed by atoms with Crippen LogP contribution in [0.4, 0.5) is 4.39 Å². The third-order valence-corrected chi connectivity index (χ3v) is 2.50. The Hall–Kier alpha value is -0.370. The van der Waals surface area contributed by atoms with Crippen molar-refractivity contribution < 1.29 is 4.39 Å². The number of allylic oxidation sites excluding steroid dienone is 2. The summed E-state index contributed by atoms with van der Waals surface area (Å²) in [7, 11) is 0. The van der Waals surface area contributed by atoms with Gasteiger partial charge in [-0.05, 0) is 38.1 Å². The maximum absolute atomic E-state index is 13.0. The second-order valence-corrected chi connectivity index (χ2v) is 3.50. The van der Waals surface area contributed by atoms with Gasteiger partial charge >= 0.3 is 0 Å². The number of halogens is 1. The SMILES string of the molecule is CC/C=C1/CC(F)CC1CCN. The second-order valence-electron chi connectivity index (χ2n) is 3.50. The van der Waals surface area contributed by atoms with E-state index in [1.807, 2.05) is 0 Å². The molecule has 0 amide bonds. The van der Waals surface area contributed by atoms with Crippen molar-refractivity contribution in [1.29, 1.82) is 0 Å². The molecule has 0 aromatic carbocycles. The summed E-state index contributed by atoms with van der Waals surface area (Å²) in [5.74, 6) is 0.435. The number of alkyl halides is 1. The molecule has 0 heterocycles. The van der Waals surface area contributed by atoms with Gasteiger partial charge in [-0.3, -0.25) is 0 Å². The summed E-state index contributed by atoms with van der Waals surface area (Å²) in [5, 5.41) is 0. The molecule has 0 spiro atoms. The molecule has 1 saturated carbocycles. The van der Waals surface area contributed by atoms with E-state index in [9.17, 15) is 4.39 Å². The summed E-state index contributed by atoms with van der Waals surface area (Å²) in [4.78, 5) is 0. The molecule has 2 heteroatoms. The lowest BCUT2D eigenvalue weighted by Gasteiger charge is -2.08. The lowest BCUT2D eigenvalue weighted by molar-refractivity contribution is 0.328. The van der Waals surface area contributed by atoms with E-state index in [0.29, 0.717) is 25.3 Å². The highest BCUT2D eigenvalue weighted by molar-refractivity contribution is 5.13. The van der Waals surface area contributed by atoms with Crippen molar-refractivity contribution in [3.8, 4) is 0 Å². The van der Waals surface area contributed by atoms with Crippen LogP contribution >= 0.6 is 0 Å². The summed E-state index contributed by atoms with van der Waals surface area (Å²) in [6.07, 6.45) is 4.87. The van der Waals surface area contributed by atoms with Crippen LogP contribution in [0.1, 0.15) is 32.6 Å². The summed E-state index contributed by atoms with van der Waals surface area (Å²) >= 11 is 0. The fraction of sp³-hybridized carbons (Fsp3) is 0.800. The average molecular weight is 171 g/mol. The van der Waals surface area contributed by atoms with Crippen molar-refractivity contribution in [1.82, 2.24) is 0 Å². The van der Waals surface area contributed by atoms with Gasteiger partial charge in [-0.1, -0.05) is 18.6 Å². The van der Waals surface area contributed by atoms with E-state index in [2.05, 4.69) is 13.0 Å². The molecule has 0 aromatic rings. The van der Waals surface area contributed by atoms with Crippen LogP contribution in [0, 0.1) is 5.92 Å². The lowest BCUT2D eigenvalue weighted by Crippen LogP contribution is -2.07. The van der Waals surface area contributed by atoms with Crippen LogP contribution in [0.2, 0.25) is 0 Å². The first-order valence-corrected chi connectivity index (χ1v) is 4.81. The van der Waals surface area contributed by atoms with Crippen LogP contribution < -0.4 is 5.73 Å². The molecule has 1 aliphatic rings. The van der Waals surface area contributed by atoms with Gasteiger partial charge in [0.2, 0.25) is 0 Å². The molecule has 2 N–H and O–H groups in total. The van der Waals surface area contributed by atoms with Gasteiger partial charge < -0.3 is 5.73 Å². The second kappa shape index (κ2) is 4.61. The molecular weight excluding hydrogens is 153 g/mol. The first-order chi connectivity index (χ1) is 5.77. The number of hydrogen-bond acceptors (Lipinski definition) is 1. The molecule has 70 valence electrons. The number of rotatable bonds is 3. The largest absolute Gasteiger partial charge is 0.330 e. The highest BCUT2D eigenvalue weighted by atomic mass is 19.1. The predicted molar refractivity (Wildman–Crippen MR) is 49.7 cm³/mol. The Morgan fingerprint density at radius 1 is 1.67 bits per heavy atom. The monoisotopic (exact) mass is 171 g/mol. The van der Waals surface area contributed by atoms with Crippen molar-refractivity contribution in [3.63, 3.8) is 0 Å². The van der Waals surface area contributed by atoms with Gasteiger partial charge in [0.1, 0.15) is 6.17 Å². The highest BCUT2D eigenvalue weighted by Crippen LogP contribution is 2.35. The van der Waals surface area contributed by atoms with Crippen molar-refractivity contribution in [3.05, 3.63) is 11.6 Å². The standard InChI is InChI=1S/C10H18FN/c1-2-3-8-6-10(11)7-9(8)4-5-12/h3,9-10H,2,4-7,12H2,1H3/b8-3-. The van der Waals surface area contributed by atoms with Crippen molar-refractivity contribution >= 4 is 0 Å². The smallest absolute Gasteiger partial charge is 0.104 e. The van der Waals surface area contributed by atoms with E-state index in [0.717, 1.165) is 12.8 Å². The zero-order chi connectivity index (χ0) is 8.97. The first kappa shape index (κ1) is 9.72. The normalized spacial score (nSPS) is 33.1. The van der Waals surface area contributed by atoms with Crippen molar-refractivity contribution in [2.24, 2.45) is 11.7 Å². The Morgan fingerprint density at radius 2 is 2.42 bits per heavy atom. The van der Waals surface area contributed by atoms with E-state index in [4.69, 9.17) is 5.73 Å². The maximum Gasteiger partial charge on any atom is 0.104 e. The van der Waals surface area contributed by atoms with Gasteiger partial charge in [0.15, 0.2) is 0 Å². The average Bonchev–Trinajstić information content (AvgIpc) is 2.33. The molecular formula is C10H18FN. The van der Waals surface area contributed by atoms with E-state index in [1.54, 1.807) is 0 Å². The molecule has 1 aliphatic carbocycles. The molecule has 1 nitrogen and oxygen atoms in total. The Bertz CT molecular complexity index is 165. The van der Waals surface area contributed by atoms with Gasteiger partial charge in [-0.2, -0.15) is 0 Å². The maximum atomic E-state index is 13.0. The quantitative estimate of drug-likeness (QED) is 0.648. The minimum absolute atomic E-state index is 0.435. The fourth-order valence-electron chi connectivity index (χ4n) is 1.98. The molecule has 0 bridgehead atoms. The van der Waals surface area contributed by atoms with E-state index in [1.165, 1.54) is 5.57 Å². The molecule has 2 unspecified atom stereocenters. The van der Waals surface area contributed by atoms with Crippen LogP contribution in [0.25, 0.3) is 0 Å². The van der Waals surface area contributed by atoms with Gasteiger partial charge in [0, 0.05) is 0 Å². The Kier molecular flexibility index (Phi) is 3.73. The van der Waals surface area contributed by atoms with Crippen LogP contribution in [0.5, 0.6) is 0 Å². The third kappa shape index (κ3) is 2.31. The molecule has 1 fully saturated rings. The Labute approximate surface area is 73.8 Å². The third-order valence-electron chi connectivity index (χ3n) is 2.50. The van der Waals surface area contributed by atoms with Crippen LogP contribution in [0.3, 0.4) is 0 Å². The lowest BCUT2D eigenvalue weighted by atomic mass is 9.98. The molecule has 0 aliphatic heterocycles. The van der Waals surface area contributed by atoms with E-state index < -0.39 is 6.17 Å². The summed E-state index contributed by atoms with van der Waals surface area (Å²) in [6, 6.07) is 0. The van der Waals surface area contributed by atoms with Gasteiger partial charge in [0.25, 0.3) is 0 Å². The van der Waals surface area contributed by atoms with Crippen LogP contribution in [0.15, 0.2) is 11.6 Å². The number of hydrogen-bond donors (Lipinski definition) is 1. The summed E-state index contributed by atoms with van der Waals surface area (Å²) in [5.41, 5.74) is 6.76. The van der Waals surface area contributed by atoms with Crippen molar-refractivity contribution in [2.45, 2.75) is 38.8 Å². The Morgan fingerprint density at radius 3 is 3.00 bits per heavy atom. The van der Waals surface area contributed by atoms with E-state index in [-0.39, 0.29) is 0 Å². The molecule has 0 saturated heterocycles. The molecule has 1 rings (SSSR count). The molecule has 0 aromatic heterocycles. The van der Waals surface area contributed by atoms with E-state index >= 15 is 0 Å².